The predicted molar refractivity (Wildman–Crippen MR) is 258 cm³/mol. The average Bonchev–Trinajstić information content (AvgIpc) is 3.23. The summed E-state index contributed by atoms with van der Waals surface area (Å²) in [6.07, 6.45) is 1.02. The maximum absolute atomic E-state index is 13.8. The third kappa shape index (κ3) is 22.5. The van der Waals surface area contributed by atoms with E-state index < -0.39 is 121 Å². The molecule has 68 heavy (non-hydrogen) atoms. The van der Waals surface area contributed by atoms with E-state index in [9.17, 15) is 58.5 Å². The van der Waals surface area contributed by atoms with Gasteiger partial charge in [0.1, 0.15) is 48.5 Å². The molecule has 0 saturated carbocycles. The highest BCUT2D eigenvalue weighted by Crippen LogP contribution is 2.14. The van der Waals surface area contributed by atoms with Crippen LogP contribution >= 0.6 is 11.8 Å². The zero-order valence-electron chi connectivity index (χ0n) is 41.3. The molecule has 0 aromatic heterocycles. The van der Waals surface area contributed by atoms with Crippen LogP contribution in [-0.2, 0) is 49.6 Å². The summed E-state index contributed by atoms with van der Waals surface area (Å²) in [6.45, 7) is 15.6. The molecule has 0 saturated heterocycles. The summed E-state index contributed by atoms with van der Waals surface area (Å²) in [5.74, 6) is -6.98. The topological polar surface area (TPSA) is 328 Å². The van der Waals surface area contributed by atoms with Gasteiger partial charge in [0.25, 0.3) is 0 Å². The summed E-state index contributed by atoms with van der Waals surface area (Å²) in [4.78, 5) is 120. The first-order valence-corrected chi connectivity index (χ1v) is 24.4. The lowest BCUT2D eigenvalue weighted by molar-refractivity contribution is -0.147. The van der Waals surface area contributed by atoms with Gasteiger partial charge in [0, 0.05) is 6.04 Å². The molecule has 0 fully saturated rings. The van der Waals surface area contributed by atoms with Gasteiger partial charge in [-0.2, -0.15) is 11.8 Å². The summed E-state index contributed by atoms with van der Waals surface area (Å²) in [7, 11) is 0. The third-order valence-corrected chi connectivity index (χ3v) is 11.1. The van der Waals surface area contributed by atoms with E-state index >= 15 is 0 Å². The molecule has 1 rings (SSSR count). The second-order valence-electron chi connectivity index (χ2n) is 18.6. The molecule has 0 bridgehead atoms. The Labute approximate surface area is 404 Å². The third-order valence-electron chi connectivity index (χ3n) is 10.4. The normalized spacial score (nSPS) is 14.9. The Hall–Kier alpha value is -5.48. The first-order chi connectivity index (χ1) is 31.7. The first kappa shape index (κ1) is 60.5. The molecule has 0 aliphatic heterocycles. The molecule has 0 aliphatic rings. The minimum absolute atomic E-state index is 0.0348. The second-order valence-corrected chi connectivity index (χ2v) is 19.6. The van der Waals surface area contributed by atoms with Crippen LogP contribution in [0.4, 0.5) is 0 Å². The van der Waals surface area contributed by atoms with Crippen molar-refractivity contribution in [1.82, 2.24) is 42.1 Å². The monoisotopic (exact) mass is 980 g/mol. The number of carboxylic acid groups (broad SMARTS) is 1. The number of aliphatic hydroxyl groups excluding tert-OH is 1. The van der Waals surface area contributed by atoms with Crippen molar-refractivity contribution in [1.29, 1.82) is 0 Å². The Bertz CT molecular complexity index is 1850. The molecule has 21 nitrogen and oxygen atoms in total. The van der Waals surface area contributed by atoms with Crippen LogP contribution in [0.25, 0.3) is 0 Å². The summed E-state index contributed by atoms with van der Waals surface area (Å²) in [5, 5.41) is 47.6. The quantitative estimate of drug-likeness (QED) is 0.0480. The lowest BCUT2D eigenvalue weighted by Gasteiger charge is -2.31. The van der Waals surface area contributed by atoms with Crippen LogP contribution in [0.2, 0.25) is 0 Å². The lowest BCUT2D eigenvalue weighted by atomic mass is 9.99. The average molecular weight is 980 g/mol. The number of nitrogens with two attached hydrogens (primary N) is 1. The second kappa shape index (κ2) is 30.1. The van der Waals surface area contributed by atoms with Crippen LogP contribution in [0.5, 0.6) is 5.75 Å². The molecular weight excluding hydrogens is 903 g/mol. The van der Waals surface area contributed by atoms with E-state index in [0.29, 0.717) is 11.3 Å². The fourth-order valence-electron chi connectivity index (χ4n) is 6.86. The van der Waals surface area contributed by atoms with Crippen molar-refractivity contribution >= 4 is 65.0 Å². The van der Waals surface area contributed by atoms with Crippen molar-refractivity contribution in [3.63, 3.8) is 0 Å². The van der Waals surface area contributed by atoms with Gasteiger partial charge in [0.05, 0.1) is 18.7 Å². The van der Waals surface area contributed by atoms with Crippen molar-refractivity contribution in [3.05, 3.63) is 29.8 Å². The Morgan fingerprint density at radius 2 is 1.10 bits per heavy atom. The molecule has 12 N–H and O–H groups in total. The number of rotatable bonds is 30. The van der Waals surface area contributed by atoms with Crippen molar-refractivity contribution in [2.75, 3.05) is 25.1 Å². The number of amides is 8. The van der Waals surface area contributed by atoms with Crippen LogP contribution in [0, 0.1) is 17.8 Å². The molecule has 22 heteroatoms. The highest BCUT2D eigenvalue weighted by molar-refractivity contribution is 7.98. The van der Waals surface area contributed by atoms with Crippen molar-refractivity contribution in [2.24, 2.45) is 23.5 Å². The molecule has 0 aliphatic carbocycles. The maximum Gasteiger partial charge on any atom is 0.323 e. The molecule has 8 amide bonds. The van der Waals surface area contributed by atoms with Gasteiger partial charge in [-0.25, -0.2) is 0 Å². The standard InChI is InChI=1S/C46H77N9O12S/c1-24(2)18-34(50-37(58)22-48-40(61)28(9)49-42(63)35(19-25(3)4)52-41(62)32(47)21-30-12-14-31(57)15-13-30)43(64)53-36(20-26(5)6)44(65)54-39(29(10)56)45(66)51-33(16-17-68-11)46(67)55(27(7)8)23-38(59)60/h12-15,24-29,32-36,39,56-57H,16-23,47H2,1-11H3,(H,48,61)(H,49,63)(H,50,58)(H,51,66)(H,52,62)(H,53,64)(H,54,65)(H,59,60)/t28-,29+,32-,33-,34-,35-,36-,39-/m0/s1. The number of aromatic hydroxyl groups is 1. The van der Waals surface area contributed by atoms with E-state index in [1.54, 1.807) is 59.9 Å². The Balaban J connectivity index is 3.07. The number of benzene rings is 1. The van der Waals surface area contributed by atoms with E-state index in [0.717, 1.165) is 4.90 Å². The number of hydrogen-bond acceptors (Lipinski definition) is 13. The fourth-order valence-corrected chi connectivity index (χ4v) is 7.33. The molecule has 0 heterocycles. The summed E-state index contributed by atoms with van der Waals surface area (Å²) in [6, 6.07) is -2.74. The predicted octanol–water partition coefficient (Wildman–Crippen LogP) is -0.0993. The number of phenolic OH excluding ortho intramolecular Hbond substituents is 1. The Morgan fingerprint density at radius 3 is 1.57 bits per heavy atom. The van der Waals surface area contributed by atoms with E-state index in [-0.39, 0.29) is 55.6 Å². The van der Waals surface area contributed by atoms with Crippen LogP contribution in [0.3, 0.4) is 0 Å². The minimum atomic E-state index is -1.59. The van der Waals surface area contributed by atoms with Crippen molar-refractivity contribution in [3.8, 4) is 5.75 Å². The molecule has 384 valence electrons. The summed E-state index contributed by atoms with van der Waals surface area (Å²) in [5.41, 5.74) is 6.81. The van der Waals surface area contributed by atoms with Crippen LogP contribution in [0.1, 0.15) is 100 Å². The number of nitrogens with zero attached hydrogens (tertiary/aromatic N) is 1. The number of nitrogens with one attached hydrogen (secondary N) is 7. The number of carbonyl (C=O) groups excluding carboxylic acids is 8. The summed E-state index contributed by atoms with van der Waals surface area (Å²) < 4.78 is 0. The van der Waals surface area contributed by atoms with Gasteiger partial charge in [-0.05, 0) is 107 Å². The molecule has 0 spiro atoms. The van der Waals surface area contributed by atoms with Crippen LogP contribution < -0.4 is 43.0 Å². The number of carbonyl (C=O) groups is 9. The summed E-state index contributed by atoms with van der Waals surface area (Å²) >= 11 is 1.40. The molecule has 8 atom stereocenters. The van der Waals surface area contributed by atoms with Crippen molar-refractivity contribution in [2.45, 2.75) is 156 Å². The molecule has 0 radical (unpaired) electrons. The van der Waals surface area contributed by atoms with E-state index in [1.165, 1.54) is 37.7 Å². The molecular formula is C46H77N9O12S. The highest BCUT2D eigenvalue weighted by Gasteiger charge is 2.36. The number of hydrogen-bond donors (Lipinski definition) is 11. The zero-order chi connectivity index (χ0) is 52.0. The fraction of sp³-hybridized carbons (Fsp3) is 0.674. The minimum Gasteiger partial charge on any atom is -0.508 e. The zero-order valence-corrected chi connectivity index (χ0v) is 42.2. The Morgan fingerprint density at radius 1 is 0.632 bits per heavy atom. The number of aliphatic hydroxyl groups is 1. The van der Waals surface area contributed by atoms with Gasteiger partial charge < -0.3 is 63.2 Å². The Kier molecular flexibility index (Phi) is 26.8. The van der Waals surface area contributed by atoms with Crippen LogP contribution in [0.15, 0.2) is 24.3 Å². The molecule has 0 unspecified atom stereocenters. The van der Waals surface area contributed by atoms with Gasteiger partial charge in [-0.15, -0.1) is 0 Å². The van der Waals surface area contributed by atoms with Gasteiger partial charge in [0.15, 0.2) is 0 Å². The number of aliphatic carboxylic acids is 1. The van der Waals surface area contributed by atoms with Gasteiger partial charge in [-0.3, -0.25) is 43.2 Å². The van der Waals surface area contributed by atoms with Crippen molar-refractivity contribution < 1.29 is 58.5 Å². The van der Waals surface area contributed by atoms with E-state index in [2.05, 4.69) is 37.2 Å². The van der Waals surface area contributed by atoms with Gasteiger partial charge >= 0.3 is 5.97 Å². The molecule has 1 aromatic rings. The smallest absolute Gasteiger partial charge is 0.323 e. The first-order valence-electron chi connectivity index (χ1n) is 23.0. The molecule has 1 aromatic carbocycles. The van der Waals surface area contributed by atoms with Crippen LogP contribution in [-0.4, -0.2) is 153 Å². The SMILES string of the molecule is CSCC[C@H](NC(=O)[C@@H](NC(=O)[C@H](CC(C)C)NC(=O)[C@H](CC(C)C)NC(=O)CNC(=O)[C@H](C)NC(=O)[C@H](CC(C)C)NC(=O)[C@@H](N)Cc1ccc(O)cc1)[C@@H](C)O)C(=O)N(CC(=O)O)C(C)C. The number of phenols is 1. The van der Waals surface area contributed by atoms with Gasteiger partial charge in [-0.1, -0.05) is 53.7 Å². The highest BCUT2D eigenvalue weighted by atomic mass is 32.2. The maximum atomic E-state index is 13.8. The van der Waals surface area contributed by atoms with E-state index in [4.69, 9.17) is 5.73 Å². The van der Waals surface area contributed by atoms with Gasteiger partial charge in [0.2, 0.25) is 47.3 Å². The van der Waals surface area contributed by atoms with E-state index in [1.807, 2.05) is 13.8 Å². The lowest BCUT2D eigenvalue weighted by Crippen LogP contribution is -2.61. The largest absolute Gasteiger partial charge is 0.508 e. The number of thioether (sulfide) groups is 1. The number of carboxylic acids is 1.